The van der Waals surface area contributed by atoms with Crippen molar-refractivity contribution in [3.63, 3.8) is 0 Å². The lowest BCUT2D eigenvalue weighted by molar-refractivity contribution is 0.415. The van der Waals surface area contributed by atoms with Gasteiger partial charge in [-0.25, -0.2) is 4.98 Å². The van der Waals surface area contributed by atoms with Crippen LogP contribution in [-0.2, 0) is 0 Å². The number of fused-ring (bicyclic) bond motifs is 1. The van der Waals surface area contributed by atoms with E-state index in [0.29, 0.717) is 11.1 Å². The molecule has 8 heteroatoms. The van der Waals surface area contributed by atoms with E-state index in [9.17, 15) is 0 Å². The van der Waals surface area contributed by atoms with Crippen molar-refractivity contribution in [2.75, 3.05) is 25.1 Å². The number of hydrogen-bond acceptors (Lipinski definition) is 7. The molecule has 2 heterocycles. The van der Waals surface area contributed by atoms with Gasteiger partial charge >= 0.3 is 0 Å². The molecule has 0 radical (unpaired) electrons. The molecule has 0 saturated carbocycles. The van der Waals surface area contributed by atoms with Crippen LogP contribution in [0.15, 0.2) is 52.6 Å². The van der Waals surface area contributed by atoms with E-state index in [1.165, 1.54) is 0 Å². The molecule has 1 aromatic heterocycles. The summed E-state index contributed by atoms with van der Waals surface area (Å²) in [5.41, 5.74) is 4.93. The van der Waals surface area contributed by atoms with E-state index in [1.807, 2.05) is 43.3 Å². The molecule has 1 N–H and O–H groups in total. The second kappa shape index (κ2) is 9.63. The fourth-order valence-corrected chi connectivity index (χ4v) is 3.77. The van der Waals surface area contributed by atoms with Gasteiger partial charge in [-0.05, 0) is 37.3 Å². The molecule has 0 saturated heterocycles. The molecule has 0 fully saturated rings. The topological polar surface area (TPSA) is 75.0 Å². The molecule has 1 aliphatic rings. The van der Waals surface area contributed by atoms with Crippen LogP contribution in [-0.4, -0.2) is 54.3 Å². The summed E-state index contributed by atoms with van der Waals surface area (Å²) in [7, 11) is 1.65. The van der Waals surface area contributed by atoms with Crippen molar-refractivity contribution in [1.29, 1.82) is 0 Å². The fourth-order valence-electron chi connectivity index (χ4n) is 3.55. The van der Waals surface area contributed by atoms with Gasteiger partial charge in [-0.3, -0.25) is 15.0 Å². The first-order chi connectivity index (χ1) is 15.4. The molecule has 1 aliphatic heterocycles. The first-order valence-corrected chi connectivity index (χ1v) is 11.0. The number of benzene rings is 2. The van der Waals surface area contributed by atoms with Crippen molar-refractivity contribution in [2.24, 2.45) is 9.98 Å². The number of hydrogen-bond donors (Lipinski definition) is 1. The number of aromatic nitrogens is 2. The van der Waals surface area contributed by atoms with Crippen molar-refractivity contribution in [2.45, 2.75) is 33.0 Å². The van der Waals surface area contributed by atoms with Crippen molar-refractivity contribution in [3.8, 4) is 5.75 Å². The Hall–Kier alpha value is -3.03. The Balaban J connectivity index is 1.74. The number of anilines is 2. The van der Waals surface area contributed by atoms with Gasteiger partial charge in [-0.2, -0.15) is 0 Å². The molecule has 0 spiro atoms. The fraction of sp³-hybridized carbons (Fsp3) is 0.333. The molecule has 32 heavy (non-hydrogen) atoms. The molecular weight excluding hydrogens is 424 g/mol. The third kappa shape index (κ3) is 4.89. The van der Waals surface area contributed by atoms with Crippen molar-refractivity contribution < 1.29 is 4.74 Å². The number of rotatable bonds is 8. The largest absolute Gasteiger partial charge is 0.497 e. The lowest BCUT2D eigenvalue weighted by atomic mass is 10.2. The quantitative estimate of drug-likeness (QED) is 0.540. The summed E-state index contributed by atoms with van der Waals surface area (Å²) in [6.45, 7) is 7.72. The van der Waals surface area contributed by atoms with E-state index in [-0.39, 0.29) is 6.17 Å². The Kier molecular flexibility index (Phi) is 6.67. The molecule has 0 amide bonds. The smallest absolute Gasteiger partial charge is 0.137 e. The van der Waals surface area contributed by atoms with Gasteiger partial charge in [0.05, 0.1) is 41.3 Å². The summed E-state index contributed by atoms with van der Waals surface area (Å²) in [6, 6.07) is 12.1. The van der Waals surface area contributed by atoms with Gasteiger partial charge in [-0.15, -0.1) is 0 Å². The molecule has 0 aliphatic carbocycles. The van der Waals surface area contributed by atoms with Crippen LogP contribution in [0.3, 0.4) is 0 Å². The van der Waals surface area contributed by atoms with Crippen molar-refractivity contribution >= 4 is 45.9 Å². The average Bonchev–Trinajstić information content (AvgIpc) is 3.23. The standard InChI is InChI=1S/C24H27ClN6O/c1-15(2)26-9-10-31(24-12-18(32-4)6-7-19(24)25)17-5-8-20-21(11-17)30-23(14-28-20)22-13-27-16(3)29-22/h5-8,11-16,26H,9-10H2,1-4H3. The SMILES string of the molecule is COc1ccc(Cl)c(N(CCNC(C)C)c2ccc3ncc(C4=NC(C)N=C4)nc3c2)c1. The Morgan fingerprint density at radius 1 is 1.16 bits per heavy atom. The lowest BCUT2D eigenvalue weighted by Crippen LogP contribution is -2.32. The van der Waals surface area contributed by atoms with Gasteiger partial charge in [0.1, 0.15) is 23.3 Å². The van der Waals surface area contributed by atoms with Crippen LogP contribution < -0.4 is 15.0 Å². The maximum absolute atomic E-state index is 6.61. The second-order valence-electron chi connectivity index (χ2n) is 7.93. The monoisotopic (exact) mass is 450 g/mol. The number of ether oxygens (including phenoxy) is 1. The number of aliphatic imine (C=N–C) groups is 2. The molecule has 0 bridgehead atoms. The van der Waals surface area contributed by atoms with Crippen molar-refractivity contribution in [3.05, 3.63) is 53.3 Å². The Bertz CT molecular complexity index is 1180. The minimum atomic E-state index is -0.0759. The molecule has 7 nitrogen and oxygen atoms in total. The van der Waals surface area contributed by atoms with Crippen LogP contribution in [0.1, 0.15) is 26.5 Å². The predicted molar refractivity (Wildman–Crippen MR) is 132 cm³/mol. The summed E-state index contributed by atoms with van der Waals surface area (Å²) in [4.78, 5) is 20.3. The normalized spacial score (nSPS) is 15.4. The van der Waals surface area contributed by atoms with Crippen LogP contribution in [0.5, 0.6) is 5.75 Å². The number of nitrogens with one attached hydrogen (secondary N) is 1. The van der Waals surface area contributed by atoms with Gasteiger partial charge in [-0.1, -0.05) is 25.4 Å². The first-order valence-electron chi connectivity index (χ1n) is 10.7. The highest BCUT2D eigenvalue weighted by Gasteiger charge is 2.17. The average molecular weight is 451 g/mol. The zero-order valence-corrected chi connectivity index (χ0v) is 19.5. The van der Waals surface area contributed by atoms with Gasteiger partial charge in [0.25, 0.3) is 0 Å². The minimum absolute atomic E-state index is 0.0759. The first kappa shape index (κ1) is 22.2. The predicted octanol–water partition coefficient (Wildman–Crippen LogP) is 4.65. The maximum Gasteiger partial charge on any atom is 0.137 e. The van der Waals surface area contributed by atoms with E-state index >= 15 is 0 Å². The molecule has 1 atom stereocenters. The van der Waals surface area contributed by atoms with Crippen LogP contribution in [0, 0.1) is 0 Å². The number of nitrogens with zero attached hydrogens (tertiary/aromatic N) is 5. The zero-order chi connectivity index (χ0) is 22.7. The zero-order valence-electron chi connectivity index (χ0n) is 18.7. The van der Waals surface area contributed by atoms with Gasteiger partial charge in [0.15, 0.2) is 0 Å². The minimum Gasteiger partial charge on any atom is -0.497 e. The highest BCUT2D eigenvalue weighted by atomic mass is 35.5. The Morgan fingerprint density at radius 2 is 2.00 bits per heavy atom. The molecule has 4 rings (SSSR count). The highest BCUT2D eigenvalue weighted by molar-refractivity contribution is 6.38. The summed E-state index contributed by atoms with van der Waals surface area (Å²) in [5.74, 6) is 0.752. The van der Waals surface area contributed by atoms with E-state index in [0.717, 1.165) is 52.7 Å². The van der Waals surface area contributed by atoms with Gasteiger partial charge in [0, 0.05) is 30.9 Å². The molecule has 1 unspecified atom stereocenters. The van der Waals surface area contributed by atoms with Crippen molar-refractivity contribution in [1.82, 2.24) is 15.3 Å². The third-order valence-corrected chi connectivity index (χ3v) is 5.49. The molecule has 166 valence electrons. The Morgan fingerprint density at radius 3 is 2.72 bits per heavy atom. The van der Waals surface area contributed by atoms with E-state index in [2.05, 4.69) is 39.0 Å². The summed E-state index contributed by atoms with van der Waals surface area (Å²) >= 11 is 6.61. The summed E-state index contributed by atoms with van der Waals surface area (Å²) in [5, 5.41) is 4.13. The maximum atomic E-state index is 6.61. The molecular formula is C24H27ClN6O. The second-order valence-corrected chi connectivity index (χ2v) is 8.34. The number of halogens is 1. The van der Waals surface area contributed by atoms with E-state index in [1.54, 1.807) is 19.5 Å². The van der Waals surface area contributed by atoms with Crippen LogP contribution in [0.25, 0.3) is 11.0 Å². The van der Waals surface area contributed by atoms with Gasteiger partial charge in [0.2, 0.25) is 0 Å². The van der Waals surface area contributed by atoms with E-state index in [4.69, 9.17) is 21.3 Å². The van der Waals surface area contributed by atoms with Crippen LogP contribution in [0.2, 0.25) is 5.02 Å². The molecule has 3 aromatic rings. The highest BCUT2D eigenvalue weighted by Crippen LogP contribution is 2.35. The summed E-state index contributed by atoms with van der Waals surface area (Å²) < 4.78 is 5.44. The number of methoxy groups -OCH3 is 1. The summed E-state index contributed by atoms with van der Waals surface area (Å²) in [6.07, 6.45) is 3.42. The third-order valence-electron chi connectivity index (χ3n) is 5.17. The van der Waals surface area contributed by atoms with Crippen LogP contribution >= 0.6 is 11.6 Å². The van der Waals surface area contributed by atoms with Gasteiger partial charge < -0.3 is 15.0 Å². The lowest BCUT2D eigenvalue weighted by Gasteiger charge is -2.27. The Labute approximate surface area is 193 Å². The molecule has 2 aromatic carbocycles. The van der Waals surface area contributed by atoms with E-state index < -0.39 is 0 Å². The van der Waals surface area contributed by atoms with Crippen LogP contribution in [0.4, 0.5) is 11.4 Å².